The van der Waals surface area contributed by atoms with Crippen molar-refractivity contribution in [3.8, 4) is 0 Å². The molecule has 19 heavy (non-hydrogen) atoms. The van der Waals surface area contributed by atoms with Gasteiger partial charge in [-0.15, -0.1) is 16.9 Å². The number of rotatable bonds is 4. The summed E-state index contributed by atoms with van der Waals surface area (Å²) in [5.41, 5.74) is 0. The van der Waals surface area contributed by atoms with Crippen LogP contribution in [0.25, 0.3) is 0 Å². The van der Waals surface area contributed by atoms with Gasteiger partial charge in [0.15, 0.2) is 5.17 Å². The maximum Gasteiger partial charge on any atom is 0.239 e. The molecule has 1 atom stereocenters. The van der Waals surface area contributed by atoms with Crippen LogP contribution in [0.4, 0.5) is 0 Å². The predicted octanol–water partition coefficient (Wildman–Crippen LogP) is 3.13. The van der Waals surface area contributed by atoms with E-state index in [-0.39, 0.29) is 11.2 Å². The monoisotopic (exact) mass is 357 g/mol. The average molecular weight is 358 g/mol. The van der Waals surface area contributed by atoms with Crippen LogP contribution in [0.2, 0.25) is 0 Å². The van der Waals surface area contributed by atoms with E-state index < -0.39 is 0 Å². The summed E-state index contributed by atoms with van der Waals surface area (Å²) in [6.45, 7) is 1.84. The van der Waals surface area contributed by atoms with Gasteiger partial charge in [-0.3, -0.25) is 4.79 Å². The van der Waals surface area contributed by atoms with Crippen LogP contribution in [-0.2, 0) is 4.79 Å². The number of benzene rings is 1. The van der Waals surface area contributed by atoms with Gasteiger partial charge in [-0.05, 0) is 31.2 Å². The zero-order chi connectivity index (χ0) is 13.7. The van der Waals surface area contributed by atoms with Gasteiger partial charge in [0.1, 0.15) is 0 Å². The van der Waals surface area contributed by atoms with Gasteiger partial charge in [-0.1, -0.05) is 27.7 Å². The number of amidine groups is 1. The van der Waals surface area contributed by atoms with E-state index in [9.17, 15) is 4.79 Å². The molecule has 100 valence electrons. The van der Waals surface area contributed by atoms with Crippen molar-refractivity contribution in [2.24, 2.45) is 10.2 Å². The average Bonchev–Trinajstić information content (AvgIpc) is 2.71. The Morgan fingerprint density at radius 2 is 2.21 bits per heavy atom. The lowest BCUT2D eigenvalue weighted by molar-refractivity contribution is -0.118. The molecular weight excluding hydrogens is 346 g/mol. The van der Waals surface area contributed by atoms with Crippen LogP contribution in [0, 0.1) is 0 Å². The second kappa shape index (κ2) is 7.12. The smallest absolute Gasteiger partial charge is 0.239 e. The number of hydrogen-bond acceptors (Lipinski definition) is 5. The number of carbonyl (C=O) groups is 1. The number of nitrogens with one attached hydrogen (secondary N) is 1. The van der Waals surface area contributed by atoms with Crippen LogP contribution in [-0.4, -0.2) is 28.3 Å². The molecule has 0 radical (unpaired) electrons. The number of carbonyl (C=O) groups excluding carboxylic acids is 1. The van der Waals surface area contributed by atoms with Crippen LogP contribution in [0.5, 0.6) is 0 Å². The van der Waals surface area contributed by atoms with Gasteiger partial charge in [0.05, 0.1) is 5.25 Å². The highest BCUT2D eigenvalue weighted by Crippen LogP contribution is 2.20. The summed E-state index contributed by atoms with van der Waals surface area (Å²) < 4.78 is 1.07. The van der Waals surface area contributed by atoms with E-state index in [2.05, 4.69) is 31.4 Å². The molecule has 1 N–H and O–H groups in total. The van der Waals surface area contributed by atoms with Gasteiger partial charge in [0.25, 0.3) is 0 Å². The number of nitrogens with zero attached hydrogens (tertiary/aromatic N) is 2. The minimum Gasteiger partial charge on any atom is -0.303 e. The van der Waals surface area contributed by atoms with Gasteiger partial charge in [-0.2, -0.15) is 5.10 Å². The number of thioether (sulfide) groups is 2. The zero-order valence-corrected chi connectivity index (χ0v) is 13.4. The second-order valence-corrected chi connectivity index (χ2v) is 7.06. The molecule has 2 rings (SSSR count). The van der Waals surface area contributed by atoms with E-state index in [1.165, 1.54) is 16.7 Å². The van der Waals surface area contributed by atoms with E-state index in [0.29, 0.717) is 5.17 Å². The van der Waals surface area contributed by atoms with Crippen LogP contribution in [0.15, 0.2) is 43.8 Å². The normalized spacial score (nSPS) is 21.3. The molecule has 7 heteroatoms. The Kier molecular flexibility index (Phi) is 5.47. The molecule has 1 amide bonds. The molecule has 0 bridgehead atoms. The second-order valence-electron chi connectivity index (χ2n) is 3.72. The first kappa shape index (κ1) is 14.6. The predicted molar refractivity (Wildman–Crippen MR) is 86.0 cm³/mol. The van der Waals surface area contributed by atoms with Crippen molar-refractivity contribution in [1.82, 2.24) is 5.32 Å². The highest BCUT2D eigenvalue weighted by Gasteiger charge is 2.25. The first-order chi connectivity index (χ1) is 9.15. The molecular formula is C12H12BrN3OS2. The summed E-state index contributed by atoms with van der Waals surface area (Å²) in [6, 6.07) is 8.10. The van der Waals surface area contributed by atoms with Crippen molar-refractivity contribution >= 4 is 56.7 Å². The third-order valence-electron chi connectivity index (χ3n) is 2.26. The van der Waals surface area contributed by atoms with Crippen molar-refractivity contribution in [2.45, 2.75) is 17.1 Å². The molecule has 1 heterocycles. The minimum atomic E-state index is -0.0777. The highest BCUT2D eigenvalue weighted by atomic mass is 79.9. The Morgan fingerprint density at radius 3 is 2.84 bits per heavy atom. The van der Waals surface area contributed by atoms with Gasteiger partial charge >= 0.3 is 0 Å². The Hall–Kier alpha value is -0.790. The number of amides is 1. The number of hydrogen-bond donors (Lipinski definition) is 1. The Bertz CT molecular complexity index is 516. The third-order valence-corrected chi connectivity index (χ3v) is 4.68. The molecule has 1 saturated heterocycles. The molecule has 0 aromatic heterocycles. The molecule has 1 aromatic carbocycles. The Balaban J connectivity index is 1.77. The molecule has 1 unspecified atom stereocenters. The topological polar surface area (TPSA) is 53.8 Å². The fourth-order valence-electron chi connectivity index (χ4n) is 1.30. The van der Waals surface area contributed by atoms with Crippen molar-refractivity contribution in [1.29, 1.82) is 0 Å². The standard InChI is InChI=1S/C12H12BrN3OS2/c1-8-11(17)15-12(19-8)16-14-6-7-18-10-4-2-9(13)3-5-10/h2-6,8H,7H2,1H3,(H,15,16,17)/b14-6+. The zero-order valence-electron chi connectivity index (χ0n) is 10.2. The van der Waals surface area contributed by atoms with E-state index >= 15 is 0 Å². The summed E-state index contributed by atoms with van der Waals surface area (Å²) in [7, 11) is 0. The van der Waals surface area contributed by atoms with Crippen LogP contribution >= 0.6 is 39.5 Å². The van der Waals surface area contributed by atoms with E-state index in [0.717, 1.165) is 10.2 Å². The molecule has 1 aliphatic rings. The Labute approximate surface area is 128 Å². The molecule has 0 saturated carbocycles. The third kappa shape index (κ3) is 4.67. The summed E-state index contributed by atoms with van der Waals surface area (Å²) >= 11 is 6.47. The lowest BCUT2D eigenvalue weighted by atomic mass is 10.4. The molecule has 0 aliphatic carbocycles. The fourth-order valence-corrected chi connectivity index (χ4v) is 2.98. The van der Waals surface area contributed by atoms with E-state index in [4.69, 9.17) is 0 Å². The SMILES string of the molecule is CC1S/C(=N\N=C\CSc2ccc(Br)cc2)NC1=O. The lowest BCUT2D eigenvalue weighted by Gasteiger charge is -1.97. The van der Waals surface area contributed by atoms with Crippen molar-refractivity contribution in [3.63, 3.8) is 0 Å². The first-order valence-corrected chi connectivity index (χ1v) is 8.26. The largest absolute Gasteiger partial charge is 0.303 e. The van der Waals surface area contributed by atoms with Crippen molar-refractivity contribution < 1.29 is 4.79 Å². The summed E-state index contributed by atoms with van der Waals surface area (Å²) in [4.78, 5) is 12.4. The molecule has 1 fully saturated rings. The van der Waals surface area contributed by atoms with Crippen molar-refractivity contribution in [2.75, 3.05) is 5.75 Å². The Morgan fingerprint density at radius 1 is 1.47 bits per heavy atom. The van der Waals surface area contributed by atoms with Crippen LogP contribution < -0.4 is 5.32 Å². The van der Waals surface area contributed by atoms with E-state index in [1.807, 2.05) is 31.2 Å². The van der Waals surface area contributed by atoms with Crippen LogP contribution in [0.3, 0.4) is 0 Å². The summed E-state index contributed by atoms with van der Waals surface area (Å²) in [5, 5.41) is 11.1. The van der Waals surface area contributed by atoms with Crippen LogP contribution in [0.1, 0.15) is 6.92 Å². The highest BCUT2D eigenvalue weighted by molar-refractivity contribution is 9.10. The molecule has 1 aromatic rings. The number of halogens is 1. The summed E-state index contributed by atoms with van der Waals surface area (Å²) in [5.74, 6) is 0.732. The minimum absolute atomic E-state index is 0.0109. The maximum absolute atomic E-state index is 11.2. The summed E-state index contributed by atoms with van der Waals surface area (Å²) in [6.07, 6.45) is 1.73. The van der Waals surface area contributed by atoms with Crippen molar-refractivity contribution in [3.05, 3.63) is 28.7 Å². The maximum atomic E-state index is 11.2. The molecule has 4 nitrogen and oxygen atoms in total. The van der Waals surface area contributed by atoms with Gasteiger partial charge in [0.2, 0.25) is 5.91 Å². The van der Waals surface area contributed by atoms with E-state index in [1.54, 1.807) is 18.0 Å². The lowest BCUT2D eigenvalue weighted by Crippen LogP contribution is -2.23. The quantitative estimate of drug-likeness (QED) is 0.511. The molecule has 1 aliphatic heterocycles. The van der Waals surface area contributed by atoms with Gasteiger partial charge in [0, 0.05) is 21.3 Å². The first-order valence-electron chi connectivity index (χ1n) is 5.60. The van der Waals surface area contributed by atoms with Gasteiger partial charge < -0.3 is 5.32 Å². The molecule has 0 spiro atoms. The fraction of sp³-hybridized carbons (Fsp3) is 0.250. The van der Waals surface area contributed by atoms with Gasteiger partial charge in [-0.25, -0.2) is 0 Å².